The highest BCUT2D eigenvalue weighted by atomic mass is 19.1. The number of hydrogen-bond acceptors (Lipinski definition) is 4. The summed E-state index contributed by atoms with van der Waals surface area (Å²) in [5, 5.41) is 0. The van der Waals surface area contributed by atoms with Crippen molar-refractivity contribution in [3.8, 4) is 0 Å². The number of ketones is 2. The zero-order chi connectivity index (χ0) is 21.4. The van der Waals surface area contributed by atoms with Crippen molar-refractivity contribution >= 4 is 34.9 Å². The SMILES string of the molecule is O=C1C(=Cc2ccc(N(c3ccccc3)c3ccc(F)cc3)o2)C(=O)c2ccccc21. The summed E-state index contributed by atoms with van der Waals surface area (Å²) in [4.78, 5) is 27.1. The number of carbonyl (C=O) groups excluding carboxylic acids is 2. The standard InChI is InChI=1S/C26H16FNO3/c27-17-10-12-19(13-11-17)28(18-6-2-1-3-7-18)24-15-14-20(31-24)16-23-25(29)21-8-4-5-9-22(21)26(23)30/h1-16H. The van der Waals surface area contributed by atoms with Gasteiger partial charge in [-0.05, 0) is 48.5 Å². The van der Waals surface area contributed by atoms with E-state index in [-0.39, 0.29) is 23.0 Å². The molecule has 0 unspecified atom stereocenters. The Balaban J connectivity index is 1.54. The van der Waals surface area contributed by atoms with Gasteiger partial charge in [-0.3, -0.25) is 14.5 Å². The van der Waals surface area contributed by atoms with E-state index in [1.54, 1.807) is 48.5 Å². The predicted octanol–water partition coefficient (Wildman–Crippen LogP) is 6.35. The third kappa shape index (κ3) is 3.36. The molecule has 4 aromatic rings. The van der Waals surface area contributed by atoms with Crippen LogP contribution in [0.1, 0.15) is 26.5 Å². The van der Waals surface area contributed by atoms with Crippen LogP contribution >= 0.6 is 0 Å². The molecule has 31 heavy (non-hydrogen) atoms. The van der Waals surface area contributed by atoms with Gasteiger partial charge in [-0.25, -0.2) is 4.39 Å². The summed E-state index contributed by atoms with van der Waals surface area (Å²) in [5.41, 5.74) is 2.42. The number of carbonyl (C=O) groups is 2. The molecule has 0 fully saturated rings. The van der Waals surface area contributed by atoms with Gasteiger partial charge in [0.25, 0.3) is 0 Å². The van der Waals surface area contributed by atoms with Crippen LogP contribution in [-0.2, 0) is 0 Å². The minimum Gasteiger partial charge on any atom is -0.440 e. The summed E-state index contributed by atoms with van der Waals surface area (Å²) in [7, 11) is 0. The van der Waals surface area contributed by atoms with Crippen molar-refractivity contribution in [2.45, 2.75) is 0 Å². The lowest BCUT2D eigenvalue weighted by molar-refractivity contribution is 0.0990. The van der Waals surface area contributed by atoms with Gasteiger partial charge in [0.1, 0.15) is 11.6 Å². The van der Waals surface area contributed by atoms with Crippen molar-refractivity contribution in [2.75, 3.05) is 4.90 Å². The van der Waals surface area contributed by atoms with Gasteiger partial charge in [0.15, 0.2) is 11.6 Å². The largest absolute Gasteiger partial charge is 0.440 e. The molecule has 1 aromatic heterocycles. The molecule has 0 bridgehead atoms. The molecule has 0 radical (unpaired) electrons. The first kappa shape index (κ1) is 18.8. The van der Waals surface area contributed by atoms with Crippen LogP contribution in [-0.4, -0.2) is 11.6 Å². The highest BCUT2D eigenvalue weighted by molar-refractivity contribution is 6.41. The maximum absolute atomic E-state index is 13.5. The third-order valence-electron chi connectivity index (χ3n) is 5.12. The van der Waals surface area contributed by atoms with E-state index in [1.165, 1.54) is 18.2 Å². The Morgan fingerprint density at radius 3 is 1.90 bits per heavy atom. The number of Topliss-reactive ketones (excluding diaryl/α,β-unsaturated/α-hetero) is 2. The van der Waals surface area contributed by atoms with Gasteiger partial charge in [0.05, 0.1) is 5.57 Å². The number of furan rings is 1. The molecule has 150 valence electrons. The summed E-state index contributed by atoms with van der Waals surface area (Å²) in [6.07, 6.45) is 1.47. The second-order valence-corrected chi connectivity index (χ2v) is 7.09. The first-order chi connectivity index (χ1) is 15.1. The molecular formula is C26H16FNO3. The lowest BCUT2D eigenvalue weighted by atomic mass is 10.1. The maximum atomic E-state index is 13.5. The average Bonchev–Trinajstić information content (AvgIpc) is 3.35. The molecule has 1 aliphatic rings. The van der Waals surface area contributed by atoms with Crippen LogP contribution < -0.4 is 4.90 Å². The quantitative estimate of drug-likeness (QED) is 0.291. The predicted molar refractivity (Wildman–Crippen MR) is 116 cm³/mol. The Hall–Kier alpha value is -4.25. The number of anilines is 3. The van der Waals surface area contributed by atoms with Gasteiger partial charge in [0, 0.05) is 28.6 Å². The van der Waals surface area contributed by atoms with E-state index in [0.717, 1.165) is 5.69 Å². The number of fused-ring (bicyclic) bond motifs is 1. The van der Waals surface area contributed by atoms with Crippen LogP contribution in [0.15, 0.2) is 101 Å². The van der Waals surface area contributed by atoms with Crippen LogP contribution in [0.5, 0.6) is 0 Å². The van der Waals surface area contributed by atoms with Crippen LogP contribution in [0.25, 0.3) is 6.08 Å². The summed E-state index contributed by atoms with van der Waals surface area (Å²) < 4.78 is 19.5. The molecule has 0 saturated carbocycles. The first-order valence-electron chi connectivity index (χ1n) is 9.72. The minimum absolute atomic E-state index is 0.0788. The van der Waals surface area contributed by atoms with E-state index in [1.807, 2.05) is 35.2 Å². The maximum Gasteiger partial charge on any atom is 0.205 e. The second-order valence-electron chi connectivity index (χ2n) is 7.09. The van der Waals surface area contributed by atoms with Crippen molar-refractivity contribution in [1.29, 1.82) is 0 Å². The molecule has 0 amide bonds. The fraction of sp³-hybridized carbons (Fsp3) is 0. The third-order valence-corrected chi connectivity index (χ3v) is 5.12. The van der Waals surface area contributed by atoms with E-state index in [9.17, 15) is 14.0 Å². The van der Waals surface area contributed by atoms with Crippen molar-refractivity contribution in [2.24, 2.45) is 0 Å². The molecule has 0 spiro atoms. The van der Waals surface area contributed by atoms with Crippen molar-refractivity contribution in [3.05, 3.63) is 119 Å². The molecule has 4 nitrogen and oxygen atoms in total. The summed E-state index contributed by atoms with van der Waals surface area (Å²) in [5.74, 6) is -0.101. The molecule has 0 aliphatic heterocycles. The zero-order valence-corrected chi connectivity index (χ0v) is 16.3. The molecule has 0 N–H and O–H groups in total. The summed E-state index contributed by atoms with van der Waals surface area (Å²) in [6, 6.07) is 25.8. The summed E-state index contributed by atoms with van der Waals surface area (Å²) >= 11 is 0. The lowest BCUT2D eigenvalue weighted by Gasteiger charge is -2.22. The number of allylic oxidation sites excluding steroid dienone is 1. The highest BCUT2D eigenvalue weighted by Crippen LogP contribution is 2.36. The Labute approximate surface area is 177 Å². The van der Waals surface area contributed by atoms with E-state index < -0.39 is 0 Å². The molecule has 5 rings (SSSR count). The molecule has 3 aromatic carbocycles. The lowest BCUT2D eigenvalue weighted by Crippen LogP contribution is -2.08. The Morgan fingerprint density at radius 1 is 0.677 bits per heavy atom. The monoisotopic (exact) mass is 409 g/mol. The molecule has 0 saturated heterocycles. The van der Waals surface area contributed by atoms with Crippen molar-refractivity contribution in [3.63, 3.8) is 0 Å². The average molecular weight is 409 g/mol. The van der Waals surface area contributed by atoms with Gasteiger partial charge in [-0.15, -0.1) is 0 Å². The van der Waals surface area contributed by atoms with Gasteiger partial charge in [-0.1, -0.05) is 42.5 Å². The van der Waals surface area contributed by atoms with Crippen molar-refractivity contribution < 1.29 is 18.4 Å². The fourth-order valence-corrected chi connectivity index (χ4v) is 3.66. The van der Waals surface area contributed by atoms with E-state index >= 15 is 0 Å². The second kappa shape index (κ2) is 7.54. The van der Waals surface area contributed by atoms with E-state index in [0.29, 0.717) is 28.5 Å². The fourth-order valence-electron chi connectivity index (χ4n) is 3.66. The van der Waals surface area contributed by atoms with Crippen molar-refractivity contribution in [1.82, 2.24) is 0 Å². The number of halogens is 1. The first-order valence-corrected chi connectivity index (χ1v) is 9.72. The number of para-hydroxylation sites is 1. The van der Waals surface area contributed by atoms with E-state index in [2.05, 4.69) is 0 Å². The molecule has 1 heterocycles. The number of benzene rings is 3. The number of rotatable bonds is 4. The highest BCUT2D eigenvalue weighted by Gasteiger charge is 2.32. The van der Waals surface area contributed by atoms with E-state index in [4.69, 9.17) is 4.42 Å². The normalized spacial score (nSPS) is 12.7. The topological polar surface area (TPSA) is 50.5 Å². The van der Waals surface area contributed by atoms with Gasteiger partial charge < -0.3 is 4.42 Å². The zero-order valence-electron chi connectivity index (χ0n) is 16.3. The van der Waals surface area contributed by atoms with Crippen LogP contribution in [0.3, 0.4) is 0 Å². The Bertz CT molecular complexity index is 1280. The molecular weight excluding hydrogens is 393 g/mol. The molecule has 5 heteroatoms. The Morgan fingerprint density at radius 2 is 1.26 bits per heavy atom. The van der Waals surface area contributed by atoms with Gasteiger partial charge in [-0.2, -0.15) is 0 Å². The van der Waals surface area contributed by atoms with Crippen LogP contribution in [0, 0.1) is 5.82 Å². The number of hydrogen-bond donors (Lipinski definition) is 0. The molecule has 0 atom stereocenters. The summed E-state index contributed by atoms with van der Waals surface area (Å²) in [6.45, 7) is 0. The van der Waals surface area contributed by atoms with Crippen LogP contribution in [0.4, 0.5) is 21.6 Å². The Kier molecular flexibility index (Phi) is 4.56. The van der Waals surface area contributed by atoms with Crippen LogP contribution in [0.2, 0.25) is 0 Å². The van der Waals surface area contributed by atoms with Gasteiger partial charge >= 0.3 is 0 Å². The smallest absolute Gasteiger partial charge is 0.205 e. The number of nitrogens with zero attached hydrogens (tertiary/aromatic N) is 1. The minimum atomic E-state index is -0.334. The van der Waals surface area contributed by atoms with Gasteiger partial charge in [0.2, 0.25) is 5.88 Å². The molecule has 1 aliphatic carbocycles.